The van der Waals surface area contributed by atoms with Crippen LogP contribution < -0.4 is 5.32 Å². The molecule has 96 valence electrons. The number of carboxylic acid groups (broad SMARTS) is 1. The van der Waals surface area contributed by atoms with E-state index in [1.54, 1.807) is 0 Å². The molecule has 1 fully saturated rings. The molecule has 1 heterocycles. The Kier molecular flexibility index (Phi) is 3.21. The van der Waals surface area contributed by atoms with Crippen LogP contribution in [0.2, 0.25) is 5.15 Å². The van der Waals surface area contributed by atoms with Crippen molar-refractivity contribution in [3.8, 4) is 0 Å². The second-order valence-corrected chi connectivity index (χ2v) is 4.85. The third-order valence-corrected chi connectivity index (χ3v) is 3.23. The highest BCUT2D eigenvalue weighted by Crippen LogP contribution is 2.39. The Morgan fingerprint density at radius 1 is 1.50 bits per heavy atom. The van der Waals surface area contributed by atoms with E-state index in [0.29, 0.717) is 0 Å². The van der Waals surface area contributed by atoms with Crippen molar-refractivity contribution in [3.63, 3.8) is 0 Å². The van der Waals surface area contributed by atoms with Gasteiger partial charge in [-0.1, -0.05) is 11.6 Å². The standard InChI is InChI=1S/C11H12ClN3O3/c1-11(10(17)18,6-2-3-6)15-9(16)7-4-13-5-8(12)14-7/h4-6H,2-3H2,1H3,(H,15,16)(H,17,18). The van der Waals surface area contributed by atoms with Crippen molar-refractivity contribution >= 4 is 23.5 Å². The maximum Gasteiger partial charge on any atom is 0.329 e. The first-order valence-corrected chi connectivity index (χ1v) is 5.84. The summed E-state index contributed by atoms with van der Waals surface area (Å²) >= 11 is 5.63. The molecule has 1 atom stereocenters. The molecule has 18 heavy (non-hydrogen) atoms. The van der Waals surface area contributed by atoms with Crippen LogP contribution in [0.25, 0.3) is 0 Å². The topological polar surface area (TPSA) is 92.2 Å². The van der Waals surface area contributed by atoms with Crippen molar-refractivity contribution in [3.05, 3.63) is 23.2 Å². The molecule has 0 bridgehead atoms. The zero-order valence-electron chi connectivity index (χ0n) is 9.68. The minimum atomic E-state index is -1.26. The molecule has 0 aromatic carbocycles. The van der Waals surface area contributed by atoms with Crippen LogP contribution in [0.1, 0.15) is 30.3 Å². The molecule has 0 radical (unpaired) electrons. The first-order valence-electron chi connectivity index (χ1n) is 5.47. The van der Waals surface area contributed by atoms with Gasteiger partial charge in [0.15, 0.2) is 0 Å². The largest absolute Gasteiger partial charge is 0.480 e. The summed E-state index contributed by atoms with van der Waals surface area (Å²) < 4.78 is 0. The number of carboxylic acids is 1. The van der Waals surface area contributed by atoms with Gasteiger partial charge in [-0.2, -0.15) is 0 Å². The van der Waals surface area contributed by atoms with Crippen LogP contribution in [0.5, 0.6) is 0 Å². The fourth-order valence-corrected chi connectivity index (χ4v) is 1.89. The average molecular weight is 270 g/mol. The first-order chi connectivity index (χ1) is 8.43. The normalized spacial score (nSPS) is 17.9. The maximum atomic E-state index is 11.9. The minimum Gasteiger partial charge on any atom is -0.480 e. The van der Waals surface area contributed by atoms with E-state index in [9.17, 15) is 14.7 Å². The van der Waals surface area contributed by atoms with Crippen molar-refractivity contribution in [2.24, 2.45) is 5.92 Å². The maximum absolute atomic E-state index is 11.9. The number of nitrogens with one attached hydrogen (secondary N) is 1. The van der Waals surface area contributed by atoms with Crippen molar-refractivity contribution in [2.45, 2.75) is 25.3 Å². The molecular formula is C11H12ClN3O3. The van der Waals surface area contributed by atoms with E-state index in [1.807, 2.05) is 0 Å². The van der Waals surface area contributed by atoms with Crippen molar-refractivity contribution in [1.82, 2.24) is 15.3 Å². The number of halogens is 1. The predicted molar refractivity (Wildman–Crippen MR) is 63.3 cm³/mol. The average Bonchev–Trinajstić information content (AvgIpc) is 3.12. The van der Waals surface area contributed by atoms with Gasteiger partial charge in [-0.15, -0.1) is 0 Å². The van der Waals surface area contributed by atoms with Crippen molar-refractivity contribution < 1.29 is 14.7 Å². The molecule has 1 aliphatic rings. The van der Waals surface area contributed by atoms with Crippen LogP contribution in [-0.2, 0) is 4.79 Å². The molecule has 1 unspecified atom stereocenters. The van der Waals surface area contributed by atoms with Gasteiger partial charge in [-0.05, 0) is 25.7 Å². The molecular weight excluding hydrogens is 258 g/mol. The molecule has 1 amide bonds. The van der Waals surface area contributed by atoms with E-state index in [0.717, 1.165) is 12.8 Å². The Bertz CT molecular complexity index is 504. The van der Waals surface area contributed by atoms with Gasteiger partial charge in [0.1, 0.15) is 16.4 Å². The second-order valence-electron chi connectivity index (χ2n) is 4.46. The Labute approximate surface area is 108 Å². The summed E-state index contributed by atoms with van der Waals surface area (Å²) in [6.07, 6.45) is 4.14. The van der Waals surface area contributed by atoms with E-state index in [2.05, 4.69) is 15.3 Å². The molecule has 2 rings (SSSR count). The highest BCUT2D eigenvalue weighted by molar-refractivity contribution is 6.29. The molecule has 7 heteroatoms. The molecule has 0 spiro atoms. The number of aliphatic carboxylic acids is 1. The van der Waals surface area contributed by atoms with Gasteiger partial charge in [0.2, 0.25) is 0 Å². The van der Waals surface area contributed by atoms with Crippen LogP contribution in [0.3, 0.4) is 0 Å². The third-order valence-electron chi connectivity index (χ3n) is 3.05. The molecule has 2 N–H and O–H groups in total. The van der Waals surface area contributed by atoms with E-state index in [-0.39, 0.29) is 16.8 Å². The lowest BCUT2D eigenvalue weighted by atomic mass is 9.96. The van der Waals surface area contributed by atoms with E-state index in [1.165, 1.54) is 19.3 Å². The quantitative estimate of drug-likeness (QED) is 0.854. The summed E-state index contributed by atoms with van der Waals surface area (Å²) in [6, 6.07) is 0. The lowest BCUT2D eigenvalue weighted by Crippen LogP contribution is -2.54. The lowest BCUT2D eigenvalue weighted by Gasteiger charge is -2.25. The zero-order chi connectivity index (χ0) is 13.3. The van der Waals surface area contributed by atoms with Gasteiger partial charge in [-0.25, -0.2) is 9.78 Å². The Morgan fingerprint density at radius 2 is 2.17 bits per heavy atom. The number of nitrogens with zero attached hydrogens (tertiary/aromatic N) is 2. The summed E-state index contributed by atoms with van der Waals surface area (Å²) in [5.74, 6) is -1.67. The SMILES string of the molecule is CC(NC(=O)c1cncc(Cl)n1)(C(=O)O)C1CC1. The predicted octanol–water partition coefficient (Wildman–Crippen LogP) is 1.11. The fourth-order valence-electron chi connectivity index (χ4n) is 1.74. The van der Waals surface area contributed by atoms with E-state index in [4.69, 9.17) is 11.6 Å². The van der Waals surface area contributed by atoms with Gasteiger partial charge in [-0.3, -0.25) is 9.78 Å². The van der Waals surface area contributed by atoms with Crippen LogP contribution >= 0.6 is 11.6 Å². The fraction of sp³-hybridized carbons (Fsp3) is 0.455. The molecule has 0 aliphatic heterocycles. The monoisotopic (exact) mass is 269 g/mol. The smallest absolute Gasteiger partial charge is 0.329 e. The molecule has 6 nitrogen and oxygen atoms in total. The molecule has 1 saturated carbocycles. The van der Waals surface area contributed by atoms with Crippen LogP contribution in [0, 0.1) is 5.92 Å². The van der Waals surface area contributed by atoms with Crippen LogP contribution in [0.15, 0.2) is 12.4 Å². The summed E-state index contributed by atoms with van der Waals surface area (Å²) in [6.45, 7) is 1.50. The summed E-state index contributed by atoms with van der Waals surface area (Å²) in [5, 5.41) is 11.8. The highest BCUT2D eigenvalue weighted by Gasteiger charge is 2.48. The molecule has 1 aromatic heterocycles. The van der Waals surface area contributed by atoms with Gasteiger partial charge in [0, 0.05) is 0 Å². The van der Waals surface area contributed by atoms with Gasteiger partial charge in [0.05, 0.1) is 12.4 Å². The first kappa shape index (κ1) is 12.8. The molecule has 0 saturated heterocycles. The summed E-state index contributed by atoms with van der Waals surface area (Å²) in [5.41, 5.74) is -1.25. The van der Waals surface area contributed by atoms with Gasteiger partial charge >= 0.3 is 5.97 Å². The van der Waals surface area contributed by atoms with Gasteiger partial charge in [0.25, 0.3) is 5.91 Å². The van der Waals surface area contributed by atoms with Crippen molar-refractivity contribution in [1.29, 1.82) is 0 Å². The van der Waals surface area contributed by atoms with E-state index >= 15 is 0 Å². The van der Waals surface area contributed by atoms with E-state index < -0.39 is 17.4 Å². The highest BCUT2D eigenvalue weighted by atomic mass is 35.5. The number of hydrogen-bond donors (Lipinski definition) is 2. The Morgan fingerprint density at radius 3 is 2.67 bits per heavy atom. The number of rotatable bonds is 4. The molecule has 1 aliphatic carbocycles. The Balaban J connectivity index is 2.17. The Hall–Kier alpha value is -1.69. The number of hydrogen-bond acceptors (Lipinski definition) is 4. The number of carbonyl (C=O) groups is 2. The number of amides is 1. The third kappa shape index (κ3) is 2.43. The number of carbonyl (C=O) groups excluding carboxylic acids is 1. The summed E-state index contributed by atoms with van der Waals surface area (Å²) in [7, 11) is 0. The lowest BCUT2D eigenvalue weighted by molar-refractivity contribution is -0.144. The number of aromatic nitrogens is 2. The van der Waals surface area contributed by atoms with Gasteiger partial charge < -0.3 is 10.4 Å². The van der Waals surface area contributed by atoms with Crippen LogP contribution in [0.4, 0.5) is 0 Å². The second kappa shape index (κ2) is 4.53. The molecule has 1 aromatic rings. The minimum absolute atomic E-state index is 0.00984. The van der Waals surface area contributed by atoms with Crippen LogP contribution in [-0.4, -0.2) is 32.5 Å². The van der Waals surface area contributed by atoms with Crippen molar-refractivity contribution in [2.75, 3.05) is 0 Å². The zero-order valence-corrected chi connectivity index (χ0v) is 10.4. The summed E-state index contributed by atoms with van der Waals surface area (Å²) in [4.78, 5) is 30.7.